The van der Waals surface area contributed by atoms with Crippen LogP contribution in [0.25, 0.3) is 10.2 Å². The van der Waals surface area contributed by atoms with Crippen LogP contribution in [0.1, 0.15) is 21.5 Å². The zero-order valence-corrected chi connectivity index (χ0v) is 18.7. The maximum absolute atomic E-state index is 12.6. The number of amides is 2. The van der Waals surface area contributed by atoms with Crippen molar-refractivity contribution in [2.75, 3.05) is 16.4 Å². The molecule has 2 heterocycles. The number of aryl methyl sites for hydroxylation is 3. The third kappa shape index (κ3) is 4.89. The van der Waals surface area contributed by atoms with Gasteiger partial charge in [-0.05, 0) is 65.7 Å². The van der Waals surface area contributed by atoms with Crippen LogP contribution in [-0.2, 0) is 11.8 Å². The quantitative estimate of drug-likeness (QED) is 0.430. The van der Waals surface area contributed by atoms with Crippen LogP contribution in [0, 0.1) is 13.8 Å². The molecule has 0 atom stereocenters. The van der Waals surface area contributed by atoms with Gasteiger partial charge in [-0.1, -0.05) is 29.2 Å². The van der Waals surface area contributed by atoms with Crippen molar-refractivity contribution < 1.29 is 9.59 Å². The number of tetrazole rings is 1. The number of aromatic nitrogens is 5. The molecule has 2 amide bonds. The number of carbonyl (C=O) groups excluding carboxylic acids is 2. The summed E-state index contributed by atoms with van der Waals surface area (Å²) in [6, 6.07) is 10.8. The molecule has 31 heavy (non-hydrogen) atoms. The largest absolute Gasteiger partial charge is 0.325 e. The molecule has 0 unspecified atom stereocenters. The number of hydrogen-bond donors (Lipinski definition) is 2. The Bertz CT molecular complexity index is 1260. The fraction of sp³-hybridized carbons (Fsp3) is 0.200. The third-order valence-corrected chi connectivity index (χ3v) is 6.32. The number of carbonyl (C=O) groups is 2. The van der Waals surface area contributed by atoms with E-state index in [2.05, 4.69) is 43.3 Å². The molecule has 0 saturated carbocycles. The van der Waals surface area contributed by atoms with Gasteiger partial charge in [-0.2, -0.15) is 0 Å². The van der Waals surface area contributed by atoms with E-state index in [1.807, 2.05) is 13.8 Å². The third-order valence-electron chi connectivity index (χ3n) is 4.39. The predicted molar refractivity (Wildman–Crippen MR) is 122 cm³/mol. The highest BCUT2D eigenvalue weighted by Crippen LogP contribution is 2.29. The van der Waals surface area contributed by atoms with Crippen LogP contribution in [0.3, 0.4) is 0 Å². The van der Waals surface area contributed by atoms with Gasteiger partial charge < -0.3 is 5.32 Å². The lowest BCUT2D eigenvalue weighted by Crippen LogP contribution is -2.15. The number of rotatable bonds is 6. The number of fused-ring (bicyclic) bond motifs is 1. The van der Waals surface area contributed by atoms with Crippen molar-refractivity contribution in [2.24, 2.45) is 7.05 Å². The summed E-state index contributed by atoms with van der Waals surface area (Å²) in [5.41, 5.74) is 4.23. The van der Waals surface area contributed by atoms with E-state index in [9.17, 15) is 9.59 Å². The summed E-state index contributed by atoms with van der Waals surface area (Å²) < 4.78 is 2.54. The van der Waals surface area contributed by atoms with E-state index in [0.717, 1.165) is 21.3 Å². The first-order valence-corrected chi connectivity index (χ1v) is 11.1. The molecule has 4 rings (SSSR count). The van der Waals surface area contributed by atoms with Crippen molar-refractivity contribution in [3.8, 4) is 0 Å². The van der Waals surface area contributed by atoms with Crippen molar-refractivity contribution in [2.45, 2.75) is 19.0 Å². The van der Waals surface area contributed by atoms with Crippen molar-refractivity contribution in [1.82, 2.24) is 25.2 Å². The van der Waals surface area contributed by atoms with E-state index in [4.69, 9.17) is 0 Å². The highest BCUT2D eigenvalue weighted by molar-refractivity contribution is 7.99. The van der Waals surface area contributed by atoms with Crippen LogP contribution in [0.2, 0.25) is 0 Å². The predicted octanol–water partition coefficient (Wildman–Crippen LogP) is 3.42. The van der Waals surface area contributed by atoms with E-state index in [1.54, 1.807) is 31.3 Å². The Morgan fingerprint density at radius 3 is 2.61 bits per heavy atom. The van der Waals surface area contributed by atoms with Gasteiger partial charge in [-0.3, -0.25) is 14.9 Å². The Kier molecular flexibility index (Phi) is 5.96. The summed E-state index contributed by atoms with van der Waals surface area (Å²) >= 11 is 2.69. The highest BCUT2D eigenvalue weighted by Gasteiger charge is 2.12. The summed E-state index contributed by atoms with van der Waals surface area (Å²) in [5, 5.41) is 17.8. The van der Waals surface area contributed by atoms with Gasteiger partial charge in [0, 0.05) is 18.3 Å². The van der Waals surface area contributed by atoms with Gasteiger partial charge in [0.25, 0.3) is 5.91 Å². The SMILES string of the molecule is Cc1cc(C)c2nc(NC(=O)c3ccc(NC(=O)CSc4nnnn4C)cc3)sc2c1. The van der Waals surface area contributed by atoms with E-state index in [-0.39, 0.29) is 17.6 Å². The van der Waals surface area contributed by atoms with E-state index in [1.165, 1.54) is 27.8 Å². The molecule has 2 aromatic heterocycles. The van der Waals surface area contributed by atoms with Gasteiger partial charge in [0.15, 0.2) is 5.13 Å². The Morgan fingerprint density at radius 2 is 1.90 bits per heavy atom. The van der Waals surface area contributed by atoms with Crippen LogP contribution in [0.15, 0.2) is 41.6 Å². The molecule has 0 aliphatic heterocycles. The fourth-order valence-electron chi connectivity index (χ4n) is 2.97. The Hall–Kier alpha value is -3.31. The van der Waals surface area contributed by atoms with Crippen molar-refractivity contribution >= 4 is 55.9 Å². The summed E-state index contributed by atoms with van der Waals surface area (Å²) in [7, 11) is 1.71. The summed E-state index contributed by atoms with van der Waals surface area (Å²) in [6.07, 6.45) is 0. The zero-order chi connectivity index (χ0) is 22.0. The summed E-state index contributed by atoms with van der Waals surface area (Å²) in [6.45, 7) is 4.05. The average molecular weight is 454 g/mol. The second kappa shape index (κ2) is 8.82. The molecule has 0 bridgehead atoms. The Balaban J connectivity index is 1.36. The fourth-order valence-corrected chi connectivity index (χ4v) is 4.66. The van der Waals surface area contributed by atoms with E-state index < -0.39 is 0 Å². The lowest BCUT2D eigenvalue weighted by atomic mass is 10.1. The topological polar surface area (TPSA) is 115 Å². The normalized spacial score (nSPS) is 10.9. The second-order valence-corrected chi connectivity index (χ2v) is 8.87. The van der Waals surface area contributed by atoms with E-state index in [0.29, 0.717) is 21.5 Å². The number of thiazole rings is 1. The molecule has 0 aliphatic rings. The molecule has 0 aliphatic carbocycles. The number of benzene rings is 2. The van der Waals surface area contributed by atoms with E-state index >= 15 is 0 Å². The molecular weight excluding hydrogens is 434 g/mol. The van der Waals surface area contributed by atoms with Crippen molar-refractivity contribution in [3.63, 3.8) is 0 Å². The molecule has 158 valence electrons. The van der Waals surface area contributed by atoms with Gasteiger partial charge in [-0.25, -0.2) is 9.67 Å². The highest BCUT2D eigenvalue weighted by atomic mass is 32.2. The molecule has 0 spiro atoms. The molecule has 9 nitrogen and oxygen atoms in total. The number of anilines is 2. The monoisotopic (exact) mass is 453 g/mol. The Morgan fingerprint density at radius 1 is 1.13 bits per heavy atom. The van der Waals surface area contributed by atoms with Gasteiger partial charge in [0.1, 0.15) is 0 Å². The van der Waals surface area contributed by atoms with Gasteiger partial charge >= 0.3 is 0 Å². The maximum Gasteiger partial charge on any atom is 0.257 e. The smallest absolute Gasteiger partial charge is 0.257 e. The number of nitrogens with zero attached hydrogens (tertiary/aromatic N) is 5. The van der Waals surface area contributed by atoms with Gasteiger partial charge in [0.05, 0.1) is 16.0 Å². The standard InChI is InChI=1S/C20H19N7O2S2/c1-11-8-12(2)17-15(9-11)31-19(22-17)23-18(29)13-4-6-14(7-5-13)21-16(28)10-30-20-24-25-26-27(20)3/h4-9H,10H2,1-3H3,(H,21,28)(H,22,23,29). The molecule has 4 aromatic rings. The van der Waals surface area contributed by atoms with Gasteiger partial charge in [-0.15, -0.1) is 5.10 Å². The minimum absolute atomic E-state index is 0.174. The van der Waals surface area contributed by atoms with Gasteiger partial charge in [0.2, 0.25) is 11.1 Å². The van der Waals surface area contributed by atoms with Crippen molar-refractivity contribution in [3.05, 3.63) is 53.1 Å². The first-order chi connectivity index (χ1) is 14.9. The number of thioether (sulfide) groups is 1. The van der Waals surface area contributed by atoms with Crippen LogP contribution in [-0.4, -0.2) is 42.8 Å². The van der Waals surface area contributed by atoms with Crippen LogP contribution >= 0.6 is 23.1 Å². The first kappa shape index (κ1) is 20.9. The number of hydrogen-bond acceptors (Lipinski definition) is 8. The molecule has 2 aromatic carbocycles. The summed E-state index contributed by atoms with van der Waals surface area (Å²) in [4.78, 5) is 29.2. The molecule has 0 fully saturated rings. The number of nitrogens with one attached hydrogen (secondary N) is 2. The molecule has 11 heteroatoms. The van der Waals surface area contributed by atoms with Crippen LogP contribution < -0.4 is 10.6 Å². The first-order valence-electron chi connectivity index (χ1n) is 9.33. The Labute approximate surface area is 186 Å². The van der Waals surface area contributed by atoms with Crippen LogP contribution in [0.4, 0.5) is 10.8 Å². The maximum atomic E-state index is 12.6. The molecule has 0 radical (unpaired) electrons. The molecule has 2 N–H and O–H groups in total. The lowest BCUT2D eigenvalue weighted by Gasteiger charge is -2.06. The lowest BCUT2D eigenvalue weighted by molar-refractivity contribution is -0.113. The van der Waals surface area contributed by atoms with Crippen LogP contribution in [0.5, 0.6) is 0 Å². The second-order valence-electron chi connectivity index (χ2n) is 6.90. The zero-order valence-electron chi connectivity index (χ0n) is 17.0. The van der Waals surface area contributed by atoms with Crippen molar-refractivity contribution in [1.29, 1.82) is 0 Å². The minimum atomic E-state index is -0.253. The molecular formula is C20H19N7O2S2. The summed E-state index contributed by atoms with van der Waals surface area (Å²) in [5.74, 6) is -0.269. The molecule has 0 saturated heterocycles. The minimum Gasteiger partial charge on any atom is -0.325 e. The average Bonchev–Trinajstić information content (AvgIpc) is 3.32.